The minimum atomic E-state index is -0.0239. The molecule has 18 heavy (non-hydrogen) atoms. The predicted octanol–water partition coefficient (Wildman–Crippen LogP) is 2.65. The Hall–Kier alpha value is -0.120. The fourth-order valence-electron chi connectivity index (χ4n) is 2.59. The van der Waals surface area contributed by atoms with E-state index in [1.807, 2.05) is 0 Å². The Bertz CT molecular complexity index is 243. The smallest absolute Gasteiger partial charge is 0.0600 e. The van der Waals surface area contributed by atoms with E-state index in [2.05, 4.69) is 51.8 Å². The molecule has 1 unspecified atom stereocenters. The summed E-state index contributed by atoms with van der Waals surface area (Å²) in [4.78, 5) is 2.58. The van der Waals surface area contributed by atoms with Crippen molar-refractivity contribution in [1.29, 1.82) is 0 Å². The molecule has 0 bridgehead atoms. The zero-order valence-electron chi connectivity index (χ0n) is 13.2. The van der Waals surface area contributed by atoms with E-state index < -0.39 is 0 Å². The van der Waals surface area contributed by atoms with E-state index in [1.54, 1.807) is 0 Å². The topological polar surface area (TPSA) is 24.5 Å². The fraction of sp³-hybridized carbons (Fsp3) is 1.00. The van der Waals surface area contributed by atoms with Gasteiger partial charge in [-0.1, -0.05) is 13.8 Å². The van der Waals surface area contributed by atoms with Crippen molar-refractivity contribution in [2.45, 2.75) is 71.6 Å². The lowest BCUT2D eigenvalue weighted by atomic mass is 9.89. The molecule has 3 heteroatoms. The van der Waals surface area contributed by atoms with Crippen molar-refractivity contribution in [3.8, 4) is 0 Å². The van der Waals surface area contributed by atoms with E-state index >= 15 is 0 Å². The first-order valence-electron chi connectivity index (χ1n) is 7.45. The molecule has 0 amide bonds. The molecule has 1 atom stereocenters. The van der Waals surface area contributed by atoms with Gasteiger partial charge in [-0.25, -0.2) is 0 Å². The fourth-order valence-corrected chi connectivity index (χ4v) is 2.59. The van der Waals surface area contributed by atoms with Crippen LogP contribution < -0.4 is 5.32 Å². The highest BCUT2D eigenvalue weighted by atomic mass is 16.5. The van der Waals surface area contributed by atoms with Gasteiger partial charge in [0.15, 0.2) is 0 Å². The highest BCUT2D eigenvalue weighted by Crippen LogP contribution is 2.22. The second-order valence-electron chi connectivity index (χ2n) is 6.65. The van der Waals surface area contributed by atoms with Crippen LogP contribution in [0.4, 0.5) is 0 Å². The number of nitrogens with one attached hydrogen (secondary N) is 1. The molecule has 0 aromatic rings. The molecule has 1 N–H and O–H groups in total. The first-order chi connectivity index (χ1) is 8.32. The second-order valence-corrected chi connectivity index (χ2v) is 6.65. The SMILES string of the molecule is CCC1(CC)CN(CCOC(C)(C)C)C(C)CN1. The molecule has 1 rings (SSSR count). The van der Waals surface area contributed by atoms with Crippen LogP contribution in [0.3, 0.4) is 0 Å². The monoisotopic (exact) mass is 256 g/mol. The lowest BCUT2D eigenvalue weighted by Gasteiger charge is -2.46. The summed E-state index contributed by atoms with van der Waals surface area (Å²) < 4.78 is 5.85. The van der Waals surface area contributed by atoms with Crippen molar-refractivity contribution >= 4 is 0 Å². The molecule has 1 fully saturated rings. The number of hydrogen-bond acceptors (Lipinski definition) is 3. The van der Waals surface area contributed by atoms with Crippen LogP contribution in [0.5, 0.6) is 0 Å². The summed E-state index contributed by atoms with van der Waals surface area (Å²) in [6.07, 6.45) is 2.40. The van der Waals surface area contributed by atoms with Gasteiger partial charge in [-0.3, -0.25) is 4.90 Å². The van der Waals surface area contributed by atoms with Gasteiger partial charge < -0.3 is 10.1 Å². The van der Waals surface area contributed by atoms with Crippen LogP contribution in [-0.4, -0.2) is 48.3 Å². The van der Waals surface area contributed by atoms with Gasteiger partial charge in [0.25, 0.3) is 0 Å². The Kier molecular flexibility index (Phi) is 5.63. The molecule has 1 aliphatic heterocycles. The van der Waals surface area contributed by atoms with Crippen molar-refractivity contribution < 1.29 is 4.74 Å². The van der Waals surface area contributed by atoms with Crippen molar-refractivity contribution in [1.82, 2.24) is 10.2 Å². The number of hydrogen-bond donors (Lipinski definition) is 1. The summed E-state index contributed by atoms with van der Waals surface area (Å²) in [6.45, 7) is 17.4. The van der Waals surface area contributed by atoms with Crippen LogP contribution in [0, 0.1) is 0 Å². The largest absolute Gasteiger partial charge is 0.375 e. The maximum Gasteiger partial charge on any atom is 0.0600 e. The first-order valence-corrected chi connectivity index (χ1v) is 7.45. The summed E-state index contributed by atoms with van der Waals surface area (Å²) >= 11 is 0. The van der Waals surface area contributed by atoms with Crippen molar-refractivity contribution in [2.24, 2.45) is 0 Å². The third kappa shape index (κ3) is 4.52. The van der Waals surface area contributed by atoms with Gasteiger partial charge in [-0.05, 0) is 40.5 Å². The molecule has 3 nitrogen and oxygen atoms in total. The van der Waals surface area contributed by atoms with Crippen molar-refractivity contribution in [2.75, 3.05) is 26.2 Å². The maximum absolute atomic E-state index is 5.85. The summed E-state index contributed by atoms with van der Waals surface area (Å²) in [7, 11) is 0. The van der Waals surface area contributed by atoms with Crippen LogP contribution in [0.2, 0.25) is 0 Å². The van der Waals surface area contributed by atoms with Crippen molar-refractivity contribution in [3.63, 3.8) is 0 Å². The van der Waals surface area contributed by atoms with Crippen LogP contribution >= 0.6 is 0 Å². The molecule has 108 valence electrons. The molecular formula is C15H32N2O. The molecule has 1 aliphatic rings. The first kappa shape index (κ1) is 15.9. The van der Waals surface area contributed by atoms with Crippen LogP contribution in [0.1, 0.15) is 54.4 Å². The number of nitrogens with zero attached hydrogens (tertiary/aromatic N) is 1. The van der Waals surface area contributed by atoms with Gasteiger partial charge in [0.1, 0.15) is 0 Å². The minimum absolute atomic E-state index is 0.0239. The molecule has 0 aliphatic carbocycles. The molecule has 0 aromatic heterocycles. The lowest BCUT2D eigenvalue weighted by molar-refractivity contribution is -0.0267. The Morgan fingerprint density at radius 3 is 2.39 bits per heavy atom. The molecule has 1 heterocycles. The molecule has 0 radical (unpaired) electrons. The number of piperazine rings is 1. The van der Waals surface area contributed by atoms with Gasteiger partial charge in [-0.15, -0.1) is 0 Å². The van der Waals surface area contributed by atoms with Gasteiger partial charge in [0, 0.05) is 31.2 Å². The third-order valence-electron chi connectivity index (χ3n) is 4.17. The predicted molar refractivity (Wildman–Crippen MR) is 78.1 cm³/mol. The normalized spacial score (nSPS) is 25.3. The highest BCUT2D eigenvalue weighted by Gasteiger charge is 2.34. The Balaban J connectivity index is 2.47. The van der Waals surface area contributed by atoms with Crippen molar-refractivity contribution in [3.05, 3.63) is 0 Å². The summed E-state index contributed by atoms with van der Waals surface area (Å²) in [5.41, 5.74) is 0.290. The number of rotatable bonds is 5. The zero-order chi connectivity index (χ0) is 13.8. The van der Waals surface area contributed by atoms with E-state index in [0.717, 1.165) is 26.2 Å². The van der Waals surface area contributed by atoms with Gasteiger partial charge in [-0.2, -0.15) is 0 Å². The Morgan fingerprint density at radius 2 is 1.89 bits per heavy atom. The molecule has 0 aromatic carbocycles. The standard InChI is InChI=1S/C15H32N2O/c1-7-15(8-2)12-17(13(3)11-16-15)9-10-18-14(4,5)6/h13,16H,7-12H2,1-6H3. The van der Waals surface area contributed by atoms with Crippen LogP contribution in [0.25, 0.3) is 0 Å². The van der Waals surface area contributed by atoms with E-state index in [-0.39, 0.29) is 5.60 Å². The van der Waals surface area contributed by atoms with Gasteiger partial charge >= 0.3 is 0 Å². The highest BCUT2D eigenvalue weighted by molar-refractivity contribution is 4.95. The summed E-state index contributed by atoms with van der Waals surface area (Å²) in [6, 6.07) is 0.611. The Morgan fingerprint density at radius 1 is 1.28 bits per heavy atom. The number of ether oxygens (including phenoxy) is 1. The summed E-state index contributed by atoms with van der Waals surface area (Å²) in [5.74, 6) is 0. The van der Waals surface area contributed by atoms with E-state index in [1.165, 1.54) is 12.8 Å². The lowest BCUT2D eigenvalue weighted by Crippen LogP contribution is -2.63. The van der Waals surface area contributed by atoms with E-state index in [4.69, 9.17) is 4.74 Å². The van der Waals surface area contributed by atoms with Crippen LogP contribution in [-0.2, 0) is 4.74 Å². The molecule has 0 spiro atoms. The quantitative estimate of drug-likeness (QED) is 0.818. The summed E-state index contributed by atoms with van der Waals surface area (Å²) in [5, 5.41) is 3.74. The average Bonchev–Trinajstić information content (AvgIpc) is 2.30. The minimum Gasteiger partial charge on any atom is -0.375 e. The zero-order valence-corrected chi connectivity index (χ0v) is 13.2. The average molecular weight is 256 g/mol. The van der Waals surface area contributed by atoms with Gasteiger partial charge in [0.05, 0.1) is 12.2 Å². The van der Waals surface area contributed by atoms with E-state index in [9.17, 15) is 0 Å². The van der Waals surface area contributed by atoms with E-state index in [0.29, 0.717) is 11.6 Å². The van der Waals surface area contributed by atoms with Crippen LogP contribution in [0.15, 0.2) is 0 Å². The molecular weight excluding hydrogens is 224 g/mol. The third-order valence-corrected chi connectivity index (χ3v) is 4.17. The molecule has 1 saturated heterocycles. The second kappa shape index (κ2) is 6.36. The molecule has 0 saturated carbocycles. The Labute approximate surface area is 113 Å². The van der Waals surface area contributed by atoms with Gasteiger partial charge in [0.2, 0.25) is 0 Å². The maximum atomic E-state index is 5.85.